The Balaban J connectivity index is 1.43. The van der Waals surface area contributed by atoms with Gasteiger partial charge in [-0.05, 0) is 31.0 Å². The molecule has 10 heteroatoms. The summed E-state index contributed by atoms with van der Waals surface area (Å²) in [6, 6.07) is 4.54. The molecule has 0 spiro atoms. The van der Waals surface area contributed by atoms with E-state index in [1.54, 1.807) is 24.7 Å². The van der Waals surface area contributed by atoms with Crippen LogP contribution in [0, 0.1) is 5.82 Å². The van der Waals surface area contributed by atoms with Crippen LogP contribution >= 0.6 is 11.3 Å². The van der Waals surface area contributed by atoms with E-state index >= 15 is 0 Å². The van der Waals surface area contributed by atoms with Crippen molar-refractivity contribution in [1.82, 2.24) is 19.7 Å². The maximum atomic E-state index is 13.6. The van der Waals surface area contributed by atoms with Crippen LogP contribution in [0.4, 0.5) is 16.2 Å². The fourth-order valence-electron chi connectivity index (χ4n) is 4.06. The summed E-state index contributed by atoms with van der Waals surface area (Å²) in [6.07, 6.45) is 5.95. The molecule has 1 fully saturated rings. The number of fused-ring (bicyclic) bond motifs is 2. The second-order valence-electron chi connectivity index (χ2n) is 7.84. The monoisotopic (exact) mass is 439 g/mol. The molecule has 0 unspecified atom stereocenters. The van der Waals surface area contributed by atoms with Crippen LogP contribution in [0.1, 0.15) is 36.0 Å². The lowest BCUT2D eigenvalue weighted by Gasteiger charge is -2.29. The zero-order valence-corrected chi connectivity index (χ0v) is 17.7. The summed E-state index contributed by atoms with van der Waals surface area (Å²) >= 11 is 1.41. The minimum Gasteiger partial charge on any atom is -0.350 e. The molecule has 4 N–H and O–H groups in total. The molecule has 1 aliphatic rings. The number of halogens is 1. The third-order valence-electron chi connectivity index (χ3n) is 5.74. The molecule has 3 aromatic heterocycles. The lowest BCUT2D eigenvalue weighted by Crippen LogP contribution is -2.42. The predicted octanol–water partition coefficient (Wildman–Crippen LogP) is 3.65. The van der Waals surface area contributed by atoms with Crippen molar-refractivity contribution in [3.05, 3.63) is 41.2 Å². The third-order valence-corrected chi connectivity index (χ3v) is 6.64. The predicted molar refractivity (Wildman–Crippen MR) is 120 cm³/mol. The van der Waals surface area contributed by atoms with Crippen LogP contribution in [0.25, 0.3) is 21.1 Å². The van der Waals surface area contributed by atoms with E-state index < -0.39 is 0 Å². The van der Waals surface area contributed by atoms with Gasteiger partial charge in [0.15, 0.2) is 5.82 Å². The van der Waals surface area contributed by atoms with E-state index in [9.17, 15) is 9.18 Å². The Hall–Kier alpha value is -3.11. The molecule has 0 bridgehead atoms. The molecule has 3 heterocycles. The lowest BCUT2D eigenvalue weighted by molar-refractivity contribution is 0.102. The summed E-state index contributed by atoms with van der Waals surface area (Å²) in [5.74, 6) is 0.171. The first kappa shape index (κ1) is 19.8. The highest BCUT2D eigenvalue weighted by Crippen LogP contribution is 2.28. The summed E-state index contributed by atoms with van der Waals surface area (Å²) in [4.78, 5) is 22.0. The van der Waals surface area contributed by atoms with Gasteiger partial charge in [0.2, 0.25) is 5.95 Å². The second kappa shape index (κ2) is 7.86. The standard InChI is InChI=1S/C21H22FN7OS/c1-29-16-8-11(22)6-7-12(16)19(28-29)27-20(30)13-10-31-17-9-24-21(26-18(13)17)25-15-5-3-2-4-14(15)23/h6-10,14-15H,2-5,23H2,1H3,(H,24,25,26)(H,27,28,30)/t14-,15+/m0/s1. The van der Waals surface area contributed by atoms with Gasteiger partial charge in [-0.25, -0.2) is 14.4 Å². The van der Waals surface area contributed by atoms with Gasteiger partial charge in [-0.2, -0.15) is 5.10 Å². The Bertz CT molecular complexity index is 1280. The summed E-state index contributed by atoms with van der Waals surface area (Å²) in [7, 11) is 1.71. The summed E-state index contributed by atoms with van der Waals surface area (Å²) in [5.41, 5.74) is 7.85. The Morgan fingerprint density at radius 2 is 2.16 bits per heavy atom. The van der Waals surface area contributed by atoms with E-state index in [1.807, 2.05) is 0 Å². The molecule has 8 nitrogen and oxygen atoms in total. The fourth-order valence-corrected chi connectivity index (χ4v) is 4.91. The molecule has 1 amide bonds. The summed E-state index contributed by atoms with van der Waals surface area (Å²) in [5, 5.41) is 12.9. The van der Waals surface area contributed by atoms with Crippen molar-refractivity contribution in [3.63, 3.8) is 0 Å². The molecule has 1 aliphatic carbocycles. The topological polar surface area (TPSA) is 111 Å². The number of hydrogen-bond donors (Lipinski definition) is 3. The first-order valence-electron chi connectivity index (χ1n) is 10.2. The quantitative estimate of drug-likeness (QED) is 0.448. The zero-order chi connectivity index (χ0) is 21.5. The fraction of sp³-hybridized carbons (Fsp3) is 0.333. The van der Waals surface area contributed by atoms with Crippen molar-refractivity contribution in [3.8, 4) is 0 Å². The van der Waals surface area contributed by atoms with Gasteiger partial charge in [0, 0.05) is 29.9 Å². The van der Waals surface area contributed by atoms with E-state index in [0.717, 1.165) is 30.4 Å². The molecule has 0 aliphatic heterocycles. The van der Waals surface area contributed by atoms with Crippen molar-refractivity contribution < 1.29 is 9.18 Å². The molecular weight excluding hydrogens is 417 g/mol. The van der Waals surface area contributed by atoms with Crippen LogP contribution in [-0.2, 0) is 7.05 Å². The maximum absolute atomic E-state index is 13.6. The normalized spacial score (nSPS) is 19.1. The van der Waals surface area contributed by atoms with Gasteiger partial charge >= 0.3 is 0 Å². The number of amides is 1. The van der Waals surface area contributed by atoms with Crippen LogP contribution in [0.3, 0.4) is 0 Å². The highest BCUT2D eigenvalue weighted by atomic mass is 32.1. The molecule has 2 atom stereocenters. The number of hydrogen-bond acceptors (Lipinski definition) is 7. The SMILES string of the molecule is Cn1nc(NC(=O)c2csc3cnc(N[C@@H]4CCCC[C@@H]4N)nc23)c2ccc(F)cc21. The molecule has 1 saturated carbocycles. The Morgan fingerprint density at radius 3 is 3.00 bits per heavy atom. The number of thiophene rings is 1. The Labute approximate surface area is 181 Å². The molecule has 4 aromatic rings. The largest absolute Gasteiger partial charge is 0.350 e. The average Bonchev–Trinajstić information content (AvgIpc) is 3.30. The van der Waals surface area contributed by atoms with Crippen molar-refractivity contribution in [2.75, 3.05) is 10.6 Å². The number of nitrogens with two attached hydrogens (primary N) is 1. The van der Waals surface area contributed by atoms with E-state index in [-0.39, 0.29) is 23.8 Å². The van der Waals surface area contributed by atoms with Crippen LogP contribution < -0.4 is 16.4 Å². The van der Waals surface area contributed by atoms with Crippen molar-refractivity contribution in [2.45, 2.75) is 37.8 Å². The zero-order valence-electron chi connectivity index (χ0n) is 16.9. The minimum absolute atomic E-state index is 0.0700. The van der Waals surface area contributed by atoms with E-state index in [4.69, 9.17) is 5.73 Å². The van der Waals surface area contributed by atoms with Gasteiger partial charge < -0.3 is 16.4 Å². The highest BCUT2D eigenvalue weighted by Gasteiger charge is 2.23. The van der Waals surface area contributed by atoms with Gasteiger partial charge in [0.05, 0.1) is 27.5 Å². The van der Waals surface area contributed by atoms with Crippen molar-refractivity contribution >= 4 is 50.1 Å². The second-order valence-corrected chi connectivity index (χ2v) is 8.75. The Morgan fingerprint density at radius 1 is 1.32 bits per heavy atom. The number of rotatable bonds is 4. The minimum atomic E-state index is -0.355. The van der Waals surface area contributed by atoms with Crippen LogP contribution in [0.5, 0.6) is 0 Å². The van der Waals surface area contributed by atoms with Gasteiger partial charge in [-0.3, -0.25) is 9.48 Å². The van der Waals surface area contributed by atoms with Gasteiger partial charge in [0.25, 0.3) is 5.91 Å². The van der Waals surface area contributed by atoms with Crippen LogP contribution in [0.15, 0.2) is 29.8 Å². The lowest BCUT2D eigenvalue weighted by atomic mass is 9.91. The van der Waals surface area contributed by atoms with E-state index in [2.05, 4.69) is 25.7 Å². The first-order chi connectivity index (χ1) is 15.0. The number of aromatic nitrogens is 4. The highest BCUT2D eigenvalue weighted by molar-refractivity contribution is 7.17. The number of benzene rings is 1. The molecule has 1 aromatic carbocycles. The molecule has 5 rings (SSSR count). The average molecular weight is 440 g/mol. The number of nitrogens with zero attached hydrogens (tertiary/aromatic N) is 4. The molecule has 160 valence electrons. The first-order valence-corrected chi connectivity index (χ1v) is 11.1. The van der Waals surface area contributed by atoms with Crippen molar-refractivity contribution in [2.24, 2.45) is 12.8 Å². The van der Waals surface area contributed by atoms with E-state index in [0.29, 0.717) is 33.7 Å². The number of aryl methyl sites for hydroxylation is 1. The smallest absolute Gasteiger partial charge is 0.259 e. The molecule has 31 heavy (non-hydrogen) atoms. The van der Waals surface area contributed by atoms with Crippen LogP contribution in [-0.4, -0.2) is 37.7 Å². The van der Waals surface area contributed by atoms with E-state index in [1.165, 1.54) is 28.2 Å². The van der Waals surface area contributed by atoms with Gasteiger partial charge in [0.1, 0.15) is 5.82 Å². The Kier molecular flexibility index (Phi) is 5.03. The summed E-state index contributed by atoms with van der Waals surface area (Å²) < 4.78 is 15.9. The number of nitrogens with one attached hydrogen (secondary N) is 2. The summed E-state index contributed by atoms with van der Waals surface area (Å²) in [6.45, 7) is 0. The number of anilines is 2. The third kappa shape index (κ3) is 3.72. The number of carbonyl (C=O) groups is 1. The molecule has 0 saturated heterocycles. The maximum Gasteiger partial charge on any atom is 0.259 e. The van der Waals surface area contributed by atoms with Gasteiger partial charge in [-0.15, -0.1) is 11.3 Å². The molecular formula is C21H22FN7OS. The van der Waals surface area contributed by atoms with Gasteiger partial charge in [-0.1, -0.05) is 12.8 Å². The molecule has 0 radical (unpaired) electrons. The van der Waals surface area contributed by atoms with Crippen molar-refractivity contribution in [1.29, 1.82) is 0 Å². The van der Waals surface area contributed by atoms with Crippen LogP contribution in [0.2, 0.25) is 0 Å². The number of carbonyl (C=O) groups excluding carboxylic acids is 1.